The predicted octanol–water partition coefficient (Wildman–Crippen LogP) is 7.33. The summed E-state index contributed by atoms with van der Waals surface area (Å²) in [7, 11) is -3.91. The van der Waals surface area contributed by atoms with Crippen molar-refractivity contribution >= 4 is 65.0 Å². The van der Waals surface area contributed by atoms with Crippen LogP contribution in [-0.4, -0.2) is 18.0 Å². The zero-order valence-electron chi connectivity index (χ0n) is 19.5. The minimum Gasteiger partial charge on any atom is -0.276 e. The highest BCUT2D eigenvalue weighted by Gasteiger charge is 2.38. The molecule has 0 amide bonds. The summed E-state index contributed by atoms with van der Waals surface area (Å²) in [6.45, 7) is 0. The molecule has 0 radical (unpaired) electrons. The average Bonchev–Trinajstić information content (AvgIpc) is 3.32. The maximum Gasteiger partial charge on any atom is 0.273 e. The molecule has 0 N–H and O–H groups in total. The molecule has 0 saturated heterocycles. The van der Waals surface area contributed by atoms with Crippen molar-refractivity contribution in [2.24, 2.45) is 0 Å². The van der Waals surface area contributed by atoms with Gasteiger partial charge in [-0.25, -0.2) is 17.7 Å². The molecule has 0 saturated carbocycles. The van der Waals surface area contributed by atoms with E-state index < -0.39 is 10.0 Å². The molecule has 6 aromatic carbocycles. The van der Waals surface area contributed by atoms with Crippen LogP contribution in [-0.2, 0) is 10.0 Å². The van der Waals surface area contributed by atoms with Gasteiger partial charge in [0.25, 0.3) is 10.0 Å². The molecule has 37 heavy (non-hydrogen) atoms. The molecule has 0 aliphatic carbocycles. The van der Waals surface area contributed by atoms with Crippen LogP contribution in [0, 0.1) is 0 Å². The Labute approximate surface area is 212 Å². The summed E-state index contributed by atoms with van der Waals surface area (Å²) in [4.78, 5) is 5.07. The van der Waals surface area contributed by atoms with Crippen LogP contribution in [0.2, 0.25) is 0 Å². The van der Waals surface area contributed by atoms with Gasteiger partial charge in [0.15, 0.2) is 0 Å². The van der Waals surface area contributed by atoms with Crippen molar-refractivity contribution in [2.75, 3.05) is 4.31 Å². The molecule has 1 aliphatic heterocycles. The number of hydrogen-bond acceptors (Lipinski definition) is 3. The minimum absolute atomic E-state index is 0.258. The van der Waals surface area contributed by atoms with Crippen molar-refractivity contribution in [2.45, 2.75) is 4.90 Å². The number of nitrogens with zero attached hydrogens (tertiary/aromatic N) is 3. The molecule has 5 nitrogen and oxygen atoms in total. The van der Waals surface area contributed by atoms with Gasteiger partial charge in [0.05, 0.1) is 22.4 Å². The van der Waals surface area contributed by atoms with E-state index in [1.807, 2.05) is 77.4 Å². The van der Waals surface area contributed by atoms with Gasteiger partial charge in [-0.1, -0.05) is 78.9 Å². The summed E-state index contributed by atoms with van der Waals surface area (Å²) in [5, 5.41) is 6.63. The van der Waals surface area contributed by atoms with E-state index in [1.54, 1.807) is 12.1 Å². The molecule has 1 aliphatic rings. The third-order valence-corrected chi connectivity index (χ3v) is 9.07. The van der Waals surface area contributed by atoms with Crippen LogP contribution in [0.1, 0.15) is 0 Å². The number of imidazole rings is 1. The van der Waals surface area contributed by atoms with E-state index >= 15 is 0 Å². The standard InChI is InChI=1S/C31H19N3O2S/c35-37(36)30-16-8-7-15-29(30)33-28-14-6-5-13-27(28)32-31(33)34(37)20-17-18-25-23-11-2-1-9-21(23)22-10-3-4-12-24(22)26(25)19-20/h1-19H. The fourth-order valence-electron chi connectivity index (χ4n) is 5.73. The third kappa shape index (κ3) is 2.68. The van der Waals surface area contributed by atoms with Crippen molar-refractivity contribution in [1.82, 2.24) is 9.55 Å². The van der Waals surface area contributed by atoms with Gasteiger partial charge in [-0.15, -0.1) is 0 Å². The summed E-state index contributed by atoms with van der Waals surface area (Å²) in [6.07, 6.45) is 0. The quantitative estimate of drug-likeness (QED) is 0.223. The minimum atomic E-state index is -3.91. The smallest absolute Gasteiger partial charge is 0.273 e. The van der Waals surface area contributed by atoms with E-state index in [0.29, 0.717) is 17.3 Å². The van der Waals surface area contributed by atoms with E-state index in [1.165, 1.54) is 9.69 Å². The largest absolute Gasteiger partial charge is 0.276 e. The summed E-state index contributed by atoms with van der Waals surface area (Å²) in [5.74, 6) is 0.365. The van der Waals surface area contributed by atoms with Gasteiger partial charge < -0.3 is 0 Å². The highest BCUT2D eigenvalue weighted by atomic mass is 32.2. The lowest BCUT2D eigenvalue weighted by molar-refractivity contribution is 0.592. The van der Waals surface area contributed by atoms with E-state index in [0.717, 1.165) is 38.0 Å². The molecule has 6 heteroatoms. The molecule has 0 atom stereocenters. The summed E-state index contributed by atoms with van der Waals surface area (Å²) >= 11 is 0. The fraction of sp³-hybridized carbons (Fsp3) is 0. The topological polar surface area (TPSA) is 55.2 Å². The van der Waals surface area contributed by atoms with Crippen molar-refractivity contribution in [1.29, 1.82) is 0 Å². The molecular weight excluding hydrogens is 478 g/mol. The van der Waals surface area contributed by atoms with Gasteiger partial charge in [0.1, 0.15) is 4.90 Å². The normalized spacial score (nSPS) is 14.3. The van der Waals surface area contributed by atoms with Crippen LogP contribution >= 0.6 is 0 Å². The van der Waals surface area contributed by atoms with E-state index in [-0.39, 0.29) is 4.90 Å². The summed E-state index contributed by atoms with van der Waals surface area (Å²) in [5.41, 5.74) is 2.77. The van der Waals surface area contributed by atoms with E-state index in [2.05, 4.69) is 30.3 Å². The third-order valence-electron chi connectivity index (χ3n) is 7.31. The Kier molecular flexibility index (Phi) is 3.98. The SMILES string of the molecule is O=S1(=O)c2ccccc2-n2c(nc3ccccc32)N1c1ccc2c3ccccc3c3ccccc3c2c1. The second kappa shape index (κ2) is 7.18. The monoisotopic (exact) mass is 497 g/mol. The molecule has 176 valence electrons. The number of rotatable bonds is 1. The molecule has 1 aromatic heterocycles. The van der Waals surface area contributed by atoms with Crippen molar-refractivity contribution < 1.29 is 8.42 Å². The molecular formula is C31H19N3O2S. The van der Waals surface area contributed by atoms with Crippen molar-refractivity contribution in [3.8, 4) is 5.69 Å². The second-order valence-electron chi connectivity index (χ2n) is 9.29. The van der Waals surface area contributed by atoms with Crippen molar-refractivity contribution in [3.63, 3.8) is 0 Å². The van der Waals surface area contributed by atoms with Crippen LogP contribution in [0.25, 0.3) is 49.0 Å². The second-order valence-corrected chi connectivity index (χ2v) is 11.0. The summed E-state index contributed by atoms with van der Waals surface area (Å²) in [6, 6.07) is 37.4. The van der Waals surface area contributed by atoms with Crippen LogP contribution in [0.3, 0.4) is 0 Å². The van der Waals surface area contributed by atoms with Gasteiger partial charge in [0.2, 0.25) is 5.95 Å². The molecule has 0 bridgehead atoms. The first-order chi connectivity index (χ1) is 18.1. The number of aromatic nitrogens is 2. The Bertz CT molecular complexity index is 2150. The maximum atomic E-state index is 14.1. The van der Waals surface area contributed by atoms with Gasteiger partial charge in [-0.3, -0.25) is 4.57 Å². The first kappa shape index (κ1) is 20.5. The Morgan fingerprint density at radius 2 is 1.14 bits per heavy atom. The average molecular weight is 498 g/mol. The summed E-state index contributed by atoms with van der Waals surface area (Å²) < 4.78 is 31.6. The number of benzene rings is 6. The Morgan fingerprint density at radius 1 is 0.568 bits per heavy atom. The van der Waals surface area contributed by atoms with Gasteiger partial charge in [-0.2, -0.15) is 0 Å². The first-order valence-corrected chi connectivity index (χ1v) is 13.5. The number of para-hydroxylation sites is 3. The Hall–Kier alpha value is -4.68. The lowest BCUT2D eigenvalue weighted by Gasteiger charge is -2.30. The van der Waals surface area contributed by atoms with Crippen LogP contribution in [0.4, 0.5) is 11.6 Å². The number of anilines is 2. The van der Waals surface area contributed by atoms with Gasteiger partial charge in [-0.05, 0) is 68.7 Å². The number of hydrogen-bond donors (Lipinski definition) is 0. The zero-order chi connectivity index (χ0) is 24.7. The van der Waals surface area contributed by atoms with Crippen molar-refractivity contribution in [3.05, 3.63) is 115 Å². The lowest BCUT2D eigenvalue weighted by Crippen LogP contribution is -2.33. The fourth-order valence-corrected chi connectivity index (χ4v) is 7.33. The number of sulfonamides is 1. The molecule has 0 fully saturated rings. The van der Waals surface area contributed by atoms with Crippen LogP contribution < -0.4 is 4.31 Å². The Balaban J connectivity index is 1.49. The van der Waals surface area contributed by atoms with Gasteiger partial charge in [0, 0.05) is 0 Å². The lowest BCUT2D eigenvalue weighted by atomic mass is 9.94. The van der Waals surface area contributed by atoms with E-state index in [4.69, 9.17) is 4.98 Å². The molecule has 8 rings (SSSR count). The van der Waals surface area contributed by atoms with Gasteiger partial charge >= 0.3 is 0 Å². The first-order valence-electron chi connectivity index (χ1n) is 12.1. The Morgan fingerprint density at radius 3 is 1.86 bits per heavy atom. The number of fused-ring (bicyclic) bond motifs is 11. The zero-order valence-corrected chi connectivity index (χ0v) is 20.4. The highest BCUT2D eigenvalue weighted by molar-refractivity contribution is 7.93. The maximum absolute atomic E-state index is 14.1. The predicted molar refractivity (Wildman–Crippen MR) is 149 cm³/mol. The molecule has 0 spiro atoms. The molecule has 2 heterocycles. The van der Waals surface area contributed by atoms with E-state index in [9.17, 15) is 8.42 Å². The van der Waals surface area contributed by atoms with Crippen LogP contribution in [0.5, 0.6) is 0 Å². The van der Waals surface area contributed by atoms with Crippen LogP contribution in [0.15, 0.2) is 120 Å². The molecule has 0 unspecified atom stereocenters. The molecule has 7 aromatic rings. The highest BCUT2D eigenvalue weighted by Crippen LogP contribution is 2.44.